The number of nitrogens with zero attached hydrogens (tertiary/aromatic N) is 2. The molecule has 0 spiro atoms. The summed E-state index contributed by atoms with van der Waals surface area (Å²) in [6.45, 7) is 4.04. The van der Waals surface area contributed by atoms with Crippen molar-refractivity contribution in [3.05, 3.63) is 46.7 Å². The molecule has 3 aromatic rings. The fourth-order valence-corrected chi connectivity index (χ4v) is 3.52. The summed E-state index contributed by atoms with van der Waals surface area (Å²) in [5.41, 5.74) is 1.53. The summed E-state index contributed by atoms with van der Waals surface area (Å²) in [4.78, 5) is 24.5. The van der Waals surface area contributed by atoms with Gasteiger partial charge in [-0.1, -0.05) is 0 Å². The summed E-state index contributed by atoms with van der Waals surface area (Å²) in [5.74, 6) is -0.642. The third-order valence-electron chi connectivity index (χ3n) is 3.62. The molecular formula is C17H17FN4O2S. The van der Waals surface area contributed by atoms with Crippen LogP contribution < -0.4 is 10.6 Å². The van der Waals surface area contributed by atoms with Crippen molar-refractivity contribution in [3.63, 3.8) is 0 Å². The van der Waals surface area contributed by atoms with E-state index in [0.29, 0.717) is 18.0 Å². The van der Waals surface area contributed by atoms with E-state index in [1.54, 1.807) is 22.9 Å². The monoisotopic (exact) mass is 360 g/mol. The second-order valence-electron chi connectivity index (χ2n) is 5.54. The van der Waals surface area contributed by atoms with Gasteiger partial charge in [0.25, 0.3) is 5.91 Å². The molecule has 8 heteroatoms. The van der Waals surface area contributed by atoms with Crippen LogP contribution in [-0.4, -0.2) is 34.7 Å². The fourth-order valence-electron chi connectivity index (χ4n) is 2.42. The largest absolute Gasteiger partial charge is 0.355 e. The van der Waals surface area contributed by atoms with Crippen molar-refractivity contribution in [2.45, 2.75) is 13.8 Å². The van der Waals surface area contributed by atoms with Crippen molar-refractivity contribution in [2.75, 3.05) is 13.1 Å². The molecule has 2 heterocycles. The highest BCUT2D eigenvalue weighted by molar-refractivity contribution is 7.20. The third-order valence-corrected chi connectivity index (χ3v) is 4.73. The molecule has 0 atom stereocenters. The third kappa shape index (κ3) is 3.69. The maximum Gasteiger partial charge on any atom is 0.261 e. The number of aromatic nitrogens is 2. The molecule has 0 saturated carbocycles. The lowest BCUT2D eigenvalue weighted by Gasteiger charge is -2.04. The Morgan fingerprint density at radius 1 is 1.20 bits per heavy atom. The van der Waals surface area contributed by atoms with E-state index in [1.165, 1.54) is 30.4 Å². The van der Waals surface area contributed by atoms with Crippen molar-refractivity contribution < 1.29 is 14.0 Å². The Morgan fingerprint density at radius 2 is 1.88 bits per heavy atom. The Morgan fingerprint density at radius 3 is 2.56 bits per heavy atom. The number of amides is 2. The topological polar surface area (TPSA) is 76.0 Å². The molecule has 25 heavy (non-hydrogen) atoms. The molecular weight excluding hydrogens is 343 g/mol. The molecule has 0 aliphatic heterocycles. The summed E-state index contributed by atoms with van der Waals surface area (Å²) >= 11 is 1.32. The normalized spacial score (nSPS) is 10.8. The van der Waals surface area contributed by atoms with Crippen LogP contribution in [0.5, 0.6) is 0 Å². The van der Waals surface area contributed by atoms with E-state index in [0.717, 1.165) is 21.6 Å². The zero-order valence-corrected chi connectivity index (χ0v) is 14.6. The van der Waals surface area contributed by atoms with Gasteiger partial charge in [0, 0.05) is 25.4 Å². The van der Waals surface area contributed by atoms with Crippen LogP contribution in [0.1, 0.15) is 22.3 Å². The first-order valence-corrected chi connectivity index (χ1v) is 8.55. The van der Waals surface area contributed by atoms with Gasteiger partial charge >= 0.3 is 0 Å². The number of carbonyl (C=O) groups is 2. The lowest BCUT2D eigenvalue weighted by Crippen LogP contribution is -2.33. The zero-order valence-electron chi connectivity index (χ0n) is 13.8. The van der Waals surface area contributed by atoms with Crippen molar-refractivity contribution in [1.29, 1.82) is 0 Å². The van der Waals surface area contributed by atoms with Crippen LogP contribution in [0, 0.1) is 12.7 Å². The zero-order chi connectivity index (χ0) is 18.0. The van der Waals surface area contributed by atoms with Gasteiger partial charge < -0.3 is 10.6 Å². The molecule has 130 valence electrons. The molecule has 0 bridgehead atoms. The predicted molar refractivity (Wildman–Crippen MR) is 94.7 cm³/mol. The van der Waals surface area contributed by atoms with Crippen LogP contribution in [0.15, 0.2) is 30.3 Å². The van der Waals surface area contributed by atoms with E-state index in [2.05, 4.69) is 15.7 Å². The maximum atomic E-state index is 13.1. The van der Waals surface area contributed by atoms with Gasteiger partial charge in [0.05, 0.1) is 16.3 Å². The summed E-state index contributed by atoms with van der Waals surface area (Å²) in [6.07, 6.45) is 0. The molecule has 0 unspecified atom stereocenters. The van der Waals surface area contributed by atoms with E-state index < -0.39 is 0 Å². The van der Waals surface area contributed by atoms with Crippen LogP contribution in [0.3, 0.4) is 0 Å². The SMILES string of the molecule is CC(=O)NCCNC(=O)c1cc2c(C)nn(-c3ccc(F)cc3)c2s1. The highest BCUT2D eigenvalue weighted by Gasteiger charge is 2.17. The van der Waals surface area contributed by atoms with Crippen LogP contribution in [0.25, 0.3) is 15.9 Å². The van der Waals surface area contributed by atoms with Crippen LogP contribution >= 0.6 is 11.3 Å². The summed E-state index contributed by atoms with van der Waals surface area (Å²) in [6, 6.07) is 7.85. The second kappa shape index (κ2) is 7.02. The van der Waals surface area contributed by atoms with Gasteiger partial charge in [0.15, 0.2) is 0 Å². The minimum atomic E-state index is -0.311. The fraction of sp³-hybridized carbons (Fsp3) is 0.235. The minimum absolute atomic E-state index is 0.133. The summed E-state index contributed by atoms with van der Waals surface area (Å²) in [5, 5.41) is 10.8. The van der Waals surface area contributed by atoms with Gasteiger partial charge in [0.2, 0.25) is 5.91 Å². The summed E-state index contributed by atoms with van der Waals surface area (Å²) < 4.78 is 14.8. The molecule has 0 saturated heterocycles. The van der Waals surface area contributed by atoms with Gasteiger partial charge in [0.1, 0.15) is 10.6 Å². The van der Waals surface area contributed by atoms with Gasteiger partial charge in [-0.3, -0.25) is 9.59 Å². The number of hydrogen-bond acceptors (Lipinski definition) is 4. The van der Waals surface area contributed by atoms with Gasteiger partial charge in [-0.15, -0.1) is 11.3 Å². The first-order chi connectivity index (χ1) is 12.0. The first kappa shape index (κ1) is 17.1. The second-order valence-corrected chi connectivity index (χ2v) is 6.57. The van der Waals surface area contributed by atoms with E-state index in [9.17, 15) is 14.0 Å². The molecule has 2 aromatic heterocycles. The lowest BCUT2D eigenvalue weighted by molar-refractivity contribution is -0.118. The molecule has 1 aromatic carbocycles. The standard InChI is InChI=1S/C17H17FN4O2S/c1-10-14-9-15(16(24)20-8-7-19-11(2)23)25-17(14)22(21-10)13-5-3-12(18)4-6-13/h3-6,9H,7-8H2,1-2H3,(H,19,23)(H,20,24). The van der Waals surface area contributed by atoms with E-state index in [-0.39, 0.29) is 17.6 Å². The average molecular weight is 360 g/mol. The number of benzene rings is 1. The number of carbonyl (C=O) groups excluding carboxylic acids is 2. The Hall–Kier alpha value is -2.74. The highest BCUT2D eigenvalue weighted by Crippen LogP contribution is 2.30. The number of aryl methyl sites for hydroxylation is 1. The van der Waals surface area contributed by atoms with Gasteiger partial charge in [-0.05, 0) is 37.3 Å². The quantitative estimate of drug-likeness (QED) is 0.686. The summed E-state index contributed by atoms with van der Waals surface area (Å²) in [7, 11) is 0. The Labute approximate surface area is 147 Å². The molecule has 3 rings (SSSR count). The Kier molecular flexibility index (Phi) is 4.80. The number of fused-ring (bicyclic) bond motifs is 1. The number of thiophene rings is 1. The van der Waals surface area contributed by atoms with Crippen molar-refractivity contribution in [2.24, 2.45) is 0 Å². The molecule has 6 nitrogen and oxygen atoms in total. The number of rotatable bonds is 5. The van der Waals surface area contributed by atoms with Crippen LogP contribution in [0.4, 0.5) is 4.39 Å². The molecule has 0 aliphatic rings. The minimum Gasteiger partial charge on any atom is -0.355 e. The van der Waals surface area contributed by atoms with Crippen molar-refractivity contribution >= 4 is 33.4 Å². The van der Waals surface area contributed by atoms with E-state index in [1.807, 2.05) is 6.92 Å². The smallest absolute Gasteiger partial charge is 0.261 e. The van der Waals surface area contributed by atoms with Gasteiger partial charge in [-0.25, -0.2) is 9.07 Å². The number of halogens is 1. The van der Waals surface area contributed by atoms with Crippen LogP contribution in [0.2, 0.25) is 0 Å². The van der Waals surface area contributed by atoms with Gasteiger partial charge in [-0.2, -0.15) is 5.10 Å². The van der Waals surface area contributed by atoms with E-state index >= 15 is 0 Å². The van der Waals surface area contributed by atoms with Crippen LogP contribution in [-0.2, 0) is 4.79 Å². The van der Waals surface area contributed by atoms with Crippen molar-refractivity contribution in [1.82, 2.24) is 20.4 Å². The first-order valence-electron chi connectivity index (χ1n) is 7.73. The molecule has 0 fully saturated rings. The predicted octanol–water partition coefficient (Wildman–Crippen LogP) is 2.40. The molecule has 0 aliphatic carbocycles. The average Bonchev–Trinajstić information content (AvgIpc) is 3.13. The lowest BCUT2D eigenvalue weighted by atomic mass is 10.3. The number of nitrogens with one attached hydrogen (secondary N) is 2. The highest BCUT2D eigenvalue weighted by atomic mass is 32.1. The Bertz CT molecular complexity index is 930. The van der Waals surface area contributed by atoms with Crippen molar-refractivity contribution in [3.8, 4) is 5.69 Å². The maximum absolute atomic E-state index is 13.1. The number of hydrogen-bond donors (Lipinski definition) is 2. The molecule has 2 amide bonds. The van der Waals surface area contributed by atoms with E-state index in [4.69, 9.17) is 0 Å². The molecule has 0 radical (unpaired) electrons. The Balaban J connectivity index is 1.82. The molecule has 2 N–H and O–H groups in total.